The lowest BCUT2D eigenvalue weighted by Gasteiger charge is -2.26. The Labute approximate surface area is 189 Å². The van der Waals surface area contributed by atoms with Crippen LogP contribution in [-0.2, 0) is 16.1 Å². The van der Waals surface area contributed by atoms with Crippen molar-refractivity contribution in [3.8, 4) is 11.5 Å². The van der Waals surface area contributed by atoms with Crippen molar-refractivity contribution in [3.05, 3.63) is 88.3 Å². The molecule has 1 fully saturated rings. The maximum atomic E-state index is 13.1. The summed E-state index contributed by atoms with van der Waals surface area (Å²) in [6.07, 6.45) is 1.49. The van der Waals surface area contributed by atoms with Gasteiger partial charge in [-0.15, -0.1) is 0 Å². The average Bonchev–Trinajstić information content (AvgIpc) is 3.41. The number of carbonyl (C=O) groups is 2. The molecular formula is C24H20ClNO6. The number of ether oxygens (including phenoxy) is 2. The molecule has 0 aliphatic carbocycles. The fourth-order valence-electron chi connectivity index (χ4n) is 3.75. The number of nitrogens with zero attached hydrogens (tertiary/aromatic N) is 1. The van der Waals surface area contributed by atoms with Crippen molar-refractivity contribution in [2.24, 2.45) is 0 Å². The summed E-state index contributed by atoms with van der Waals surface area (Å²) in [6.45, 7) is 0.0278. The zero-order valence-corrected chi connectivity index (χ0v) is 18.1. The highest BCUT2D eigenvalue weighted by molar-refractivity contribution is 6.46. The van der Waals surface area contributed by atoms with Crippen LogP contribution >= 0.6 is 11.6 Å². The molecule has 0 saturated carbocycles. The van der Waals surface area contributed by atoms with Gasteiger partial charge in [0.15, 0.2) is 0 Å². The van der Waals surface area contributed by atoms with E-state index in [1.165, 1.54) is 25.4 Å². The number of ketones is 1. The fraction of sp³-hybridized carbons (Fsp3) is 0.167. The van der Waals surface area contributed by atoms with Crippen molar-refractivity contribution < 1.29 is 28.6 Å². The molecule has 0 spiro atoms. The highest BCUT2D eigenvalue weighted by atomic mass is 35.5. The summed E-state index contributed by atoms with van der Waals surface area (Å²) in [5.41, 5.74) is 0.792. The number of hydrogen-bond acceptors (Lipinski definition) is 6. The van der Waals surface area contributed by atoms with Crippen LogP contribution in [0.3, 0.4) is 0 Å². The summed E-state index contributed by atoms with van der Waals surface area (Å²) < 4.78 is 16.3. The maximum absolute atomic E-state index is 13.1. The van der Waals surface area contributed by atoms with E-state index in [0.717, 1.165) is 0 Å². The standard InChI is InChI=1S/C24H20ClNO6/c1-30-16-9-10-19(31-2)18(12-16)21-20(22(27)14-5-7-15(25)8-6-14)23(28)24(29)26(21)13-17-4-3-11-32-17/h3-12,21,27H,13H2,1-2H3/b22-20-. The molecule has 2 aromatic carbocycles. The Bertz CT molecular complexity index is 1180. The van der Waals surface area contributed by atoms with E-state index in [1.54, 1.807) is 54.6 Å². The Hall–Kier alpha value is -3.71. The molecule has 1 aromatic heterocycles. The number of hydrogen-bond donors (Lipinski definition) is 1. The van der Waals surface area contributed by atoms with Crippen LogP contribution in [0, 0.1) is 0 Å². The quantitative estimate of drug-likeness (QED) is 0.334. The van der Waals surface area contributed by atoms with Gasteiger partial charge in [-0.05, 0) is 54.6 Å². The molecule has 1 N–H and O–H groups in total. The highest BCUT2D eigenvalue weighted by Gasteiger charge is 2.47. The van der Waals surface area contributed by atoms with Crippen LogP contribution in [-0.4, -0.2) is 35.9 Å². The van der Waals surface area contributed by atoms with Gasteiger partial charge in [0.05, 0.1) is 38.6 Å². The van der Waals surface area contributed by atoms with E-state index in [0.29, 0.717) is 33.4 Å². The smallest absolute Gasteiger partial charge is 0.296 e. The first-order valence-electron chi connectivity index (χ1n) is 9.73. The summed E-state index contributed by atoms with van der Waals surface area (Å²) in [5, 5.41) is 11.6. The van der Waals surface area contributed by atoms with Crippen molar-refractivity contribution in [2.75, 3.05) is 14.2 Å². The minimum atomic E-state index is -0.930. The Morgan fingerprint density at radius 1 is 1.09 bits per heavy atom. The Morgan fingerprint density at radius 3 is 2.47 bits per heavy atom. The number of aliphatic hydroxyl groups is 1. The molecule has 3 aromatic rings. The van der Waals surface area contributed by atoms with Gasteiger partial charge in [0.25, 0.3) is 11.7 Å². The molecule has 0 radical (unpaired) electrons. The summed E-state index contributed by atoms with van der Waals surface area (Å²) in [6, 6.07) is 13.9. The van der Waals surface area contributed by atoms with Gasteiger partial charge >= 0.3 is 0 Å². The lowest BCUT2D eigenvalue weighted by atomic mass is 9.94. The summed E-state index contributed by atoms with van der Waals surface area (Å²) >= 11 is 5.96. The van der Waals surface area contributed by atoms with Crippen molar-refractivity contribution in [1.82, 2.24) is 4.90 Å². The Kier molecular flexibility index (Phi) is 5.92. The van der Waals surface area contributed by atoms with E-state index < -0.39 is 17.7 Å². The fourth-order valence-corrected chi connectivity index (χ4v) is 3.88. The van der Waals surface area contributed by atoms with Crippen LogP contribution in [0.25, 0.3) is 5.76 Å². The Balaban J connectivity index is 1.93. The molecule has 1 aliphatic rings. The van der Waals surface area contributed by atoms with Crippen molar-refractivity contribution in [1.29, 1.82) is 0 Å². The van der Waals surface area contributed by atoms with Gasteiger partial charge in [-0.3, -0.25) is 9.59 Å². The third-order valence-corrected chi connectivity index (χ3v) is 5.55. The summed E-state index contributed by atoms with van der Waals surface area (Å²) in [4.78, 5) is 27.5. The van der Waals surface area contributed by atoms with Crippen molar-refractivity contribution >= 4 is 29.1 Å². The molecule has 1 saturated heterocycles. The number of amides is 1. The van der Waals surface area contributed by atoms with Crippen LogP contribution in [0.5, 0.6) is 11.5 Å². The van der Waals surface area contributed by atoms with Crippen LogP contribution in [0.4, 0.5) is 0 Å². The number of halogens is 1. The highest BCUT2D eigenvalue weighted by Crippen LogP contribution is 2.44. The van der Waals surface area contributed by atoms with Crippen LogP contribution < -0.4 is 9.47 Å². The second-order valence-corrected chi connectivity index (χ2v) is 7.56. The van der Waals surface area contributed by atoms with Crippen molar-refractivity contribution in [3.63, 3.8) is 0 Å². The van der Waals surface area contributed by atoms with Gasteiger partial charge in [0, 0.05) is 16.1 Å². The average molecular weight is 454 g/mol. The van der Waals surface area contributed by atoms with Crippen LogP contribution in [0.15, 0.2) is 70.9 Å². The zero-order valence-electron chi connectivity index (χ0n) is 17.4. The number of Topliss-reactive ketones (excluding diaryl/α,β-unsaturated/α-hetero) is 1. The zero-order chi connectivity index (χ0) is 22.8. The number of likely N-dealkylation sites (tertiary alicyclic amines) is 1. The number of rotatable bonds is 6. The summed E-state index contributed by atoms with van der Waals surface area (Å²) in [7, 11) is 3.00. The SMILES string of the molecule is COc1ccc(OC)c(C2/C(=C(/O)c3ccc(Cl)cc3)C(=O)C(=O)N2Cc2ccco2)c1. The minimum absolute atomic E-state index is 0.0278. The van der Waals surface area contributed by atoms with E-state index in [-0.39, 0.29) is 17.9 Å². The third kappa shape index (κ3) is 3.83. The summed E-state index contributed by atoms with van der Waals surface area (Å²) in [5.74, 6) is -0.437. The number of aliphatic hydroxyl groups excluding tert-OH is 1. The molecule has 1 aliphatic heterocycles. The van der Waals surface area contributed by atoms with Crippen LogP contribution in [0.2, 0.25) is 5.02 Å². The first-order chi connectivity index (χ1) is 15.4. The molecule has 32 heavy (non-hydrogen) atoms. The van der Waals surface area contributed by atoms with Gasteiger partial charge in [-0.1, -0.05) is 11.6 Å². The number of benzene rings is 2. The van der Waals surface area contributed by atoms with Gasteiger partial charge in [0.1, 0.15) is 23.0 Å². The van der Waals surface area contributed by atoms with E-state index in [2.05, 4.69) is 0 Å². The van der Waals surface area contributed by atoms with E-state index in [1.807, 2.05) is 0 Å². The Morgan fingerprint density at radius 2 is 1.84 bits per heavy atom. The molecule has 4 rings (SSSR count). The van der Waals surface area contributed by atoms with Gasteiger partial charge in [-0.2, -0.15) is 0 Å². The first-order valence-corrected chi connectivity index (χ1v) is 10.1. The lowest BCUT2D eigenvalue weighted by Crippen LogP contribution is -2.29. The monoisotopic (exact) mass is 453 g/mol. The topological polar surface area (TPSA) is 89.2 Å². The largest absolute Gasteiger partial charge is 0.507 e. The third-order valence-electron chi connectivity index (χ3n) is 5.30. The molecule has 0 bridgehead atoms. The molecule has 1 unspecified atom stereocenters. The maximum Gasteiger partial charge on any atom is 0.296 e. The molecule has 1 atom stereocenters. The second-order valence-electron chi connectivity index (χ2n) is 7.12. The second kappa shape index (κ2) is 8.80. The predicted octanol–water partition coefficient (Wildman–Crippen LogP) is 4.57. The predicted molar refractivity (Wildman–Crippen MR) is 118 cm³/mol. The normalized spacial score (nSPS) is 17.6. The number of furan rings is 1. The van der Waals surface area contributed by atoms with E-state index in [4.69, 9.17) is 25.5 Å². The number of carbonyl (C=O) groups excluding carboxylic acids is 2. The molecule has 164 valence electrons. The molecule has 7 nitrogen and oxygen atoms in total. The van der Waals surface area contributed by atoms with E-state index >= 15 is 0 Å². The van der Waals surface area contributed by atoms with Gasteiger partial charge < -0.3 is 23.9 Å². The van der Waals surface area contributed by atoms with Gasteiger partial charge in [-0.25, -0.2) is 0 Å². The molecule has 2 heterocycles. The number of methoxy groups -OCH3 is 2. The molecule has 8 heteroatoms. The van der Waals surface area contributed by atoms with Gasteiger partial charge in [0.2, 0.25) is 0 Å². The first kappa shape index (κ1) is 21.5. The molecular weight excluding hydrogens is 434 g/mol. The lowest BCUT2D eigenvalue weighted by molar-refractivity contribution is -0.140. The van der Waals surface area contributed by atoms with Crippen LogP contribution in [0.1, 0.15) is 22.9 Å². The van der Waals surface area contributed by atoms with Crippen molar-refractivity contribution in [2.45, 2.75) is 12.6 Å². The van der Waals surface area contributed by atoms with E-state index in [9.17, 15) is 14.7 Å². The minimum Gasteiger partial charge on any atom is -0.507 e. The molecule has 1 amide bonds.